The van der Waals surface area contributed by atoms with Crippen LogP contribution in [0.25, 0.3) is 10.6 Å². The fraction of sp³-hybridized carbons (Fsp3) is 0.471. The molecule has 126 valence electrons. The van der Waals surface area contributed by atoms with Crippen molar-refractivity contribution in [3.63, 3.8) is 0 Å². The lowest BCUT2D eigenvalue weighted by Gasteiger charge is -2.23. The Morgan fingerprint density at radius 3 is 3.17 bits per heavy atom. The summed E-state index contributed by atoms with van der Waals surface area (Å²) in [5, 5.41) is 17.7. The molecule has 1 unspecified atom stereocenters. The van der Waals surface area contributed by atoms with Gasteiger partial charge in [0.05, 0.1) is 23.3 Å². The van der Waals surface area contributed by atoms with Crippen LogP contribution in [0.4, 0.5) is 0 Å². The van der Waals surface area contributed by atoms with Crippen molar-refractivity contribution in [2.45, 2.75) is 51.7 Å². The van der Waals surface area contributed by atoms with Crippen molar-refractivity contribution >= 4 is 11.3 Å². The van der Waals surface area contributed by atoms with Gasteiger partial charge in [-0.2, -0.15) is 10.2 Å². The quantitative estimate of drug-likeness (QED) is 0.748. The Balaban J connectivity index is 1.42. The SMILES string of the molecule is CC(C)c1nc2n(n1)CC(NCc1cn[nH]c1-c1cccs1)CC2. The highest BCUT2D eigenvalue weighted by molar-refractivity contribution is 7.13. The monoisotopic (exact) mass is 342 g/mol. The van der Waals surface area contributed by atoms with Gasteiger partial charge in [-0.05, 0) is 17.9 Å². The predicted octanol–water partition coefficient (Wildman–Crippen LogP) is 2.96. The minimum Gasteiger partial charge on any atom is -0.308 e. The van der Waals surface area contributed by atoms with Gasteiger partial charge in [0.25, 0.3) is 0 Å². The van der Waals surface area contributed by atoms with E-state index in [0.29, 0.717) is 12.0 Å². The lowest BCUT2D eigenvalue weighted by molar-refractivity contribution is 0.357. The number of aromatic nitrogens is 5. The number of rotatable bonds is 5. The number of H-pyrrole nitrogens is 1. The van der Waals surface area contributed by atoms with Crippen LogP contribution in [0.1, 0.15) is 43.4 Å². The first-order valence-electron chi connectivity index (χ1n) is 8.44. The summed E-state index contributed by atoms with van der Waals surface area (Å²) in [5.74, 6) is 2.47. The summed E-state index contributed by atoms with van der Waals surface area (Å²) in [5.41, 5.74) is 2.33. The Morgan fingerprint density at radius 2 is 2.38 bits per heavy atom. The van der Waals surface area contributed by atoms with Crippen LogP contribution in [-0.4, -0.2) is 31.0 Å². The fourth-order valence-corrected chi connectivity index (χ4v) is 3.83. The summed E-state index contributed by atoms with van der Waals surface area (Å²) in [6, 6.07) is 4.61. The summed E-state index contributed by atoms with van der Waals surface area (Å²) >= 11 is 1.73. The van der Waals surface area contributed by atoms with Gasteiger partial charge in [-0.1, -0.05) is 19.9 Å². The molecule has 3 aromatic heterocycles. The zero-order valence-corrected chi connectivity index (χ0v) is 14.8. The maximum Gasteiger partial charge on any atom is 0.153 e. The number of hydrogen-bond donors (Lipinski definition) is 2. The van der Waals surface area contributed by atoms with Gasteiger partial charge < -0.3 is 5.32 Å². The Morgan fingerprint density at radius 1 is 1.46 bits per heavy atom. The summed E-state index contributed by atoms with van der Waals surface area (Å²) in [6.45, 7) is 5.99. The Labute approximate surface area is 145 Å². The van der Waals surface area contributed by atoms with E-state index < -0.39 is 0 Å². The molecule has 24 heavy (non-hydrogen) atoms. The van der Waals surface area contributed by atoms with Gasteiger partial charge in [-0.3, -0.25) is 5.10 Å². The molecule has 7 heteroatoms. The standard InChI is InChI=1S/C17H22N6S/c1-11(2)17-20-15-6-5-13(10-23(15)22-17)18-8-12-9-19-21-16(12)14-4-3-7-24-14/h3-4,7,9,11,13,18H,5-6,8,10H2,1-2H3,(H,19,21). The molecule has 0 saturated heterocycles. The normalized spacial score (nSPS) is 17.4. The lowest BCUT2D eigenvalue weighted by Crippen LogP contribution is -2.37. The van der Waals surface area contributed by atoms with Gasteiger partial charge in [0.15, 0.2) is 5.82 Å². The molecular formula is C17H22N6S. The minimum atomic E-state index is 0.383. The lowest BCUT2D eigenvalue weighted by atomic mass is 10.1. The zero-order chi connectivity index (χ0) is 16.5. The van der Waals surface area contributed by atoms with Gasteiger partial charge >= 0.3 is 0 Å². The van der Waals surface area contributed by atoms with Crippen LogP contribution >= 0.6 is 11.3 Å². The van der Waals surface area contributed by atoms with Crippen LogP contribution in [0.2, 0.25) is 0 Å². The molecular weight excluding hydrogens is 320 g/mol. The van der Waals surface area contributed by atoms with E-state index in [1.807, 2.05) is 6.20 Å². The minimum absolute atomic E-state index is 0.383. The molecule has 4 rings (SSSR count). The van der Waals surface area contributed by atoms with Gasteiger partial charge in [-0.25, -0.2) is 9.67 Å². The first kappa shape index (κ1) is 15.5. The maximum absolute atomic E-state index is 4.65. The van der Waals surface area contributed by atoms with E-state index in [4.69, 9.17) is 0 Å². The third-order valence-electron chi connectivity index (χ3n) is 4.46. The van der Waals surface area contributed by atoms with Gasteiger partial charge in [0.2, 0.25) is 0 Å². The van der Waals surface area contributed by atoms with E-state index in [9.17, 15) is 0 Å². The number of aromatic amines is 1. The number of thiophene rings is 1. The van der Waals surface area contributed by atoms with E-state index in [-0.39, 0.29) is 0 Å². The second-order valence-electron chi connectivity index (χ2n) is 6.59. The molecule has 0 fully saturated rings. The molecule has 0 radical (unpaired) electrons. The van der Waals surface area contributed by atoms with Crippen LogP contribution < -0.4 is 5.32 Å². The highest BCUT2D eigenvalue weighted by atomic mass is 32.1. The Bertz CT molecular complexity index is 801. The molecule has 2 N–H and O–H groups in total. The second-order valence-corrected chi connectivity index (χ2v) is 7.53. The fourth-order valence-electron chi connectivity index (χ4n) is 3.07. The molecule has 0 aliphatic carbocycles. The van der Waals surface area contributed by atoms with Gasteiger partial charge in [0, 0.05) is 30.5 Å². The summed E-state index contributed by atoms with van der Waals surface area (Å²) in [7, 11) is 0. The van der Waals surface area contributed by atoms with Crippen molar-refractivity contribution in [1.82, 2.24) is 30.3 Å². The number of aryl methyl sites for hydroxylation is 1. The largest absolute Gasteiger partial charge is 0.308 e. The van der Waals surface area contributed by atoms with Gasteiger partial charge in [0.1, 0.15) is 5.82 Å². The highest BCUT2D eigenvalue weighted by Crippen LogP contribution is 2.26. The molecule has 0 amide bonds. The predicted molar refractivity (Wildman–Crippen MR) is 95.0 cm³/mol. The zero-order valence-electron chi connectivity index (χ0n) is 14.0. The van der Waals surface area contributed by atoms with Crippen LogP contribution in [0.15, 0.2) is 23.7 Å². The molecule has 1 aliphatic heterocycles. The van der Waals surface area contributed by atoms with Crippen molar-refractivity contribution in [3.8, 4) is 10.6 Å². The summed E-state index contributed by atoms with van der Waals surface area (Å²) in [4.78, 5) is 5.88. The number of nitrogens with one attached hydrogen (secondary N) is 2. The highest BCUT2D eigenvalue weighted by Gasteiger charge is 2.22. The van der Waals surface area contributed by atoms with Gasteiger partial charge in [-0.15, -0.1) is 11.3 Å². The Kier molecular flexibility index (Phi) is 4.20. The summed E-state index contributed by atoms with van der Waals surface area (Å²) < 4.78 is 2.08. The smallest absolute Gasteiger partial charge is 0.153 e. The third-order valence-corrected chi connectivity index (χ3v) is 5.34. The number of fused-ring (bicyclic) bond motifs is 1. The second kappa shape index (κ2) is 6.49. The van der Waals surface area contributed by atoms with Crippen molar-refractivity contribution in [1.29, 1.82) is 0 Å². The number of hydrogen-bond acceptors (Lipinski definition) is 5. The van der Waals surface area contributed by atoms with Crippen LogP contribution in [-0.2, 0) is 19.5 Å². The molecule has 0 bridgehead atoms. The third kappa shape index (κ3) is 3.01. The summed E-state index contributed by atoms with van der Waals surface area (Å²) in [6.07, 6.45) is 4.01. The molecule has 0 spiro atoms. The van der Waals surface area contributed by atoms with E-state index in [0.717, 1.165) is 43.3 Å². The van der Waals surface area contributed by atoms with Crippen molar-refractivity contribution in [2.24, 2.45) is 0 Å². The molecule has 0 aromatic carbocycles. The number of nitrogens with zero attached hydrogens (tertiary/aromatic N) is 4. The molecule has 3 aromatic rings. The molecule has 4 heterocycles. The van der Waals surface area contributed by atoms with Crippen LogP contribution in [0.5, 0.6) is 0 Å². The van der Waals surface area contributed by atoms with Crippen LogP contribution in [0.3, 0.4) is 0 Å². The van der Waals surface area contributed by atoms with Crippen LogP contribution in [0, 0.1) is 0 Å². The topological polar surface area (TPSA) is 71.4 Å². The first-order valence-corrected chi connectivity index (χ1v) is 9.32. The molecule has 1 atom stereocenters. The average molecular weight is 342 g/mol. The Hall–Kier alpha value is -1.99. The van der Waals surface area contributed by atoms with E-state index in [2.05, 4.69) is 61.6 Å². The maximum atomic E-state index is 4.65. The molecule has 0 saturated carbocycles. The average Bonchev–Trinajstić information content (AvgIpc) is 3.30. The molecule has 6 nitrogen and oxygen atoms in total. The van der Waals surface area contributed by atoms with Crippen molar-refractivity contribution in [2.75, 3.05) is 0 Å². The van der Waals surface area contributed by atoms with E-state index in [1.165, 1.54) is 10.4 Å². The first-order chi connectivity index (χ1) is 11.7. The van der Waals surface area contributed by atoms with Crippen molar-refractivity contribution < 1.29 is 0 Å². The van der Waals surface area contributed by atoms with E-state index in [1.54, 1.807) is 11.3 Å². The molecule has 1 aliphatic rings. The van der Waals surface area contributed by atoms with Crippen molar-refractivity contribution in [3.05, 3.63) is 40.9 Å². The van der Waals surface area contributed by atoms with E-state index >= 15 is 0 Å².